The van der Waals surface area contributed by atoms with Gasteiger partial charge in [-0.25, -0.2) is 13.4 Å². The van der Waals surface area contributed by atoms with E-state index in [1.165, 1.54) is 23.9 Å². The number of pyridine rings is 1. The highest BCUT2D eigenvalue weighted by atomic mass is 79.9. The van der Waals surface area contributed by atoms with E-state index >= 15 is 0 Å². The molecule has 2 aromatic carbocycles. The van der Waals surface area contributed by atoms with Gasteiger partial charge in [0.05, 0.1) is 15.6 Å². The molecular formula is C21H20BrN3O3S2. The van der Waals surface area contributed by atoms with E-state index in [0.29, 0.717) is 18.0 Å². The van der Waals surface area contributed by atoms with Gasteiger partial charge in [-0.15, -0.1) is 11.8 Å². The number of benzene rings is 2. The average Bonchev–Trinajstić information content (AvgIpc) is 2.76. The van der Waals surface area contributed by atoms with Crippen molar-refractivity contribution in [2.75, 3.05) is 23.1 Å². The number of hydrogen-bond acceptors (Lipinski definition) is 5. The van der Waals surface area contributed by atoms with Crippen LogP contribution in [0.3, 0.4) is 0 Å². The highest BCUT2D eigenvalue weighted by molar-refractivity contribution is 9.10. The molecule has 1 N–H and O–H groups in total. The Morgan fingerprint density at radius 2 is 1.80 bits per heavy atom. The van der Waals surface area contributed by atoms with Gasteiger partial charge in [0.1, 0.15) is 6.54 Å². The Hall–Kier alpha value is -2.36. The fourth-order valence-corrected chi connectivity index (χ4v) is 5.18. The maximum absolute atomic E-state index is 13.2. The lowest BCUT2D eigenvalue weighted by Gasteiger charge is -2.24. The first kappa shape index (κ1) is 22.3. The minimum absolute atomic E-state index is 0.128. The number of anilines is 1. The van der Waals surface area contributed by atoms with Gasteiger partial charge < -0.3 is 5.32 Å². The number of nitrogens with zero attached hydrogens (tertiary/aromatic N) is 2. The maximum atomic E-state index is 13.2. The molecule has 1 heterocycles. The Morgan fingerprint density at radius 1 is 1.03 bits per heavy atom. The number of rotatable bonds is 9. The standard InChI is InChI=1S/C21H20BrN3O3S2/c22-17-7-6-8-18(15-17)25(30(27,28)19-9-2-1-3-10-19)16-20(26)23-13-14-29-21-11-4-5-12-24-21/h1-12,15H,13-14,16H2,(H,23,26). The molecule has 0 atom stereocenters. The van der Waals surface area contributed by atoms with E-state index in [0.717, 1.165) is 13.8 Å². The van der Waals surface area contributed by atoms with Crippen molar-refractivity contribution in [3.8, 4) is 0 Å². The normalized spacial score (nSPS) is 11.1. The number of amides is 1. The molecule has 0 radical (unpaired) electrons. The predicted octanol–water partition coefficient (Wildman–Crippen LogP) is 3.95. The fourth-order valence-electron chi connectivity index (χ4n) is 2.63. The van der Waals surface area contributed by atoms with Gasteiger partial charge >= 0.3 is 0 Å². The van der Waals surface area contributed by atoms with Crippen LogP contribution in [0.5, 0.6) is 0 Å². The van der Waals surface area contributed by atoms with Gasteiger partial charge in [0, 0.05) is 23.0 Å². The summed E-state index contributed by atoms with van der Waals surface area (Å²) in [6, 6.07) is 20.6. The number of halogens is 1. The van der Waals surface area contributed by atoms with Crippen molar-refractivity contribution in [3.05, 3.63) is 83.5 Å². The molecule has 156 valence electrons. The maximum Gasteiger partial charge on any atom is 0.264 e. The third kappa shape index (κ3) is 6.07. The van der Waals surface area contributed by atoms with Crippen molar-refractivity contribution in [1.82, 2.24) is 10.3 Å². The molecule has 0 aliphatic heterocycles. The molecule has 6 nitrogen and oxygen atoms in total. The third-order valence-corrected chi connectivity index (χ3v) is 7.25. The number of carbonyl (C=O) groups excluding carboxylic acids is 1. The van der Waals surface area contributed by atoms with E-state index in [1.54, 1.807) is 48.7 Å². The molecule has 3 rings (SSSR count). The zero-order valence-electron chi connectivity index (χ0n) is 15.9. The SMILES string of the molecule is O=C(CN(c1cccc(Br)c1)S(=O)(=O)c1ccccc1)NCCSc1ccccn1. The van der Waals surface area contributed by atoms with Gasteiger partial charge in [-0.1, -0.05) is 46.3 Å². The second-order valence-corrected chi connectivity index (χ2v) is 10.1. The van der Waals surface area contributed by atoms with E-state index in [9.17, 15) is 13.2 Å². The van der Waals surface area contributed by atoms with Crippen LogP contribution >= 0.6 is 27.7 Å². The molecule has 0 spiro atoms. The zero-order valence-corrected chi connectivity index (χ0v) is 19.2. The summed E-state index contributed by atoms with van der Waals surface area (Å²) < 4.78 is 28.3. The quantitative estimate of drug-likeness (QED) is 0.351. The molecular weight excluding hydrogens is 486 g/mol. The third-order valence-electron chi connectivity index (χ3n) is 4.03. The average molecular weight is 506 g/mol. The molecule has 30 heavy (non-hydrogen) atoms. The van der Waals surface area contributed by atoms with Crippen LogP contribution in [0.2, 0.25) is 0 Å². The van der Waals surface area contributed by atoms with Crippen LogP contribution in [0.25, 0.3) is 0 Å². The molecule has 0 fully saturated rings. The molecule has 3 aromatic rings. The second kappa shape index (κ2) is 10.6. The van der Waals surface area contributed by atoms with Crippen molar-refractivity contribution >= 4 is 49.3 Å². The topological polar surface area (TPSA) is 79.4 Å². The zero-order chi connectivity index (χ0) is 21.4. The first-order valence-electron chi connectivity index (χ1n) is 9.11. The van der Waals surface area contributed by atoms with Crippen LogP contribution < -0.4 is 9.62 Å². The number of hydrogen-bond donors (Lipinski definition) is 1. The Kier molecular flexibility index (Phi) is 7.89. The smallest absolute Gasteiger partial charge is 0.264 e. The van der Waals surface area contributed by atoms with Gasteiger partial charge in [0.2, 0.25) is 5.91 Å². The summed E-state index contributed by atoms with van der Waals surface area (Å²) in [4.78, 5) is 16.9. The summed E-state index contributed by atoms with van der Waals surface area (Å²) in [5, 5.41) is 3.66. The summed E-state index contributed by atoms with van der Waals surface area (Å²) in [6.45, 7) is 0.0831. The minimum atomic E-state index is -3.90. The van der Waals surface area contributed by atoms with Gasteiger partial charge in [0.25, 0.3) is 10.0 Å². The van der Waals surface area contributed by atoms with E-state index < -0.39 is 10.0 Å². The summed E-state index contributed by atoms with van der Waals surface area (Å²) in [7, 11) is -3.90. The molecule has 0 saturated carbocycles. The van der Waals surface area contributed by atoms with Gasteiger partial charge in [0.15, 0.2) is 0 Å². The van der Waals surface area contributed by atoms with E-state index in [-0.39, 0.29) is 17.3 Å². The number of thioether (sulfide) groups is 1. The monoisotopic (exact) mass is 505 g/mol. The molecule has 0 saturated heterocycles. The molecule has 1 aromatic heterocycles. The molecule has 0 aliphatic rings. The van der Waals surface area contributed by atoms with Crippen LogP contribution in [0.1, 0.15) is 0 Å². The summed E-state index contributed by atoms with van der Waals surface area (Å²) >= 11 is 4.88. The highest BCUT2D eigenvalue weighted by Crippen LogP contribution is 2.26. The van der Waals surface area contributed by atoms with Gasteiger partial charge in [-0.05, 0) is 42.5 Å². The molecule has 0 aliphatic carbocycles. The van der Waals surface area contributed by atoms with Crippen LogP contribution in [0.4, 0.5) is 5.69 Å². The number of aromatic nitrogens is 1. The lowest BCUT2D eigenvalue weighted by atomic mass is 10.3. The van der Waals surface area contributed by atoms with Crippen molar-refractivity contribution < 1.29 is 13.2 Å². The summed E-state index contributed by atoms with van der Waals surface area (Å²) in [5.74, 6) is 0.251. The molecule has 1 amide bonds. The number of nitrogens with one attached hydrogen (secondary N) is 1. The van der Waals surface area contributed by atoms with E-state index in [2.05, 4.69) is 26.2 Å². The molecule has 9 heteroatoms. The van der Waals surface area contributed by atoms with Crippen molar-refractivity contribution in [1.29, 1.82) is 0 Å². The van der Waals surface area contributed by atoms with Gasteiger partial charge in [-0.3, -0.25) is 9.10 Å². The van der Waals surface area contributed by atoms with Crippen LogP contribution in [0.15, 0.2) is 93.4 Å². The lowest BCUT2D eigenvalue weighted by Crippen LogP contribution is -2.41. The van der Waals surface area contributed by atoms with Crippen LogP contribution in [-0.4, -0.2) is 38.2 Å². The highest BCUT2D eigenvalue weighted by Gasteiger charge is 2.27. The summed E-state index contributed by atoms with van der Waals surface area (Å²) in [6.07, 6.45) is 1.71. The van der Waals surface area contributed by atoms with E-state index in [4.69, 9.17) is 0 Å². The van der Waals surface area contributed by atoms with Crippen LogP contribution in [0, 0.1) is 0 Å². The first-order valence-corrected chi connectivity index (χ1v) is 12.3. The Bertz CT molecular complexity index is 1080. The lowest BCUT2D eigenvalue weighted by molar-refractivity contribution is -0.119. The van der Waals surface area contributed by atoms with Crippen molar-refractivity contribution in [3.63, 3.8) is 0 Å². The van der Waals surface area contributed by atoms with Crippen molar-refractivity contribution in [2.24, 2.45) is 0 Å². The Labute approximate surface area is 188 Å². The number of carbonyl (C=O) groups is 1. The van der Waals surface area contributed by atoms with E-state index in [1.807, 2.05) is 18.2 Å². The first-order chi connectivity index (χ1) is 14.5. The Morgan fingerprint density at radius 3 is 2.50 bits per heavy atom. The number of sulfonamides is 1. The summed E-state index contributed by atoms with van der Waals surface area (Å²) in [5.41, 5.74) is 0.409. The predicted molar refractivity (Wildman–Crippen MR) is 123 cm³/mol. The van der Waals surface area contributed by atoms with Crippen molar-refractivity contribution in [2.45, 2.75) is 9.92 Å². The molecule has 0 bridgehead atoms. The largest absolute Gasteiger partial charge is 0.354 e. The Balaban J connectivity index is 1.70. The second-order valence-electron chi connectivity index (χ2n) is 6.17. The fraction of sp³-hybridized carbons (Fsp3) is 0.143. The van der Waals surface area contributed by atoms with Gasteiger partial charge in [-0.2, -0.15) is 0 Å². The minimum Gasteiger partial charge on any atom is -0.354 e. The molecule has 0 unspecified atom stereocenters. The van der Waals surface area contributed by atoms with Crippen LogP contribution in [-0.2, 0) is 14.8 Å².